The average molecular weight is 414 g/mol. The maximum atomic E-state index is 12.8. The van der Waals surface area contributed by atoms with Gasteiger partial charge in [0.05, 0.1) is 11.1 Å². The van der Waals surface area contributed by atoms with Gasteiger partial charge in [0.1, 0.15) is 4.83 Å². The molecule has 2 heterocycles. The molecule has 2 aromatic heterocycles. The molecule has 1 N–H and O–H groups in total. The minimum Gasteiger partial charge on any atom is -0.355 e. The van der Waals surface area contributed by atoms with Crippen LogP contribution in [0.25, 0.3) is 10.2 Å². The van der Waals surface area contributed by atoms with E-state index in [0.29, 0.717) is 11.7 Å². The number of carbonyl (C=O) groups is 1. The van der Waals surface area contributed by atoms with E-state index in [4.69, 9.17) is 0 Å². The van der Waals surface area contributed by atoms with Gasteiger partial charge in [0.25, 0.3) is 5.56 Å². The number of benzene rings is 1. The summed E-state index contributed by atoms with van der Waals surface area (Å²) < 4.78 is 1.58. The van der Waals surface area contributed by atoms with E-state index < -0.39 is 0 Å². The van der Waals surface area contributed by atoms with Crippen LogP contribution >= 0.6 is 23.1 Å². The number of amides is 1. The van der Waals surface area contributed by atoms with Gasteiger partial charge in [0.2, 0.25) is 5.91 Å². The number of thiophene rings is 1. The molecular weight excluding hydrogens is 390 g/mol. The fourth-order valence-corrected chi connectivity index (χ4v) is 5.69. The molecule has 7 heteroatoms. The Morgan fingerprint density at radius 2 is 2.11 bits per heavy atom. The maximum Gasteiger partial charge on any atom is 0.262 e. The summed E-state index contributed by atoms with van der Waals surface area (Å²) in [4.78, 5) is 31.7. The normalized spacial score (nSPS) is 13.0. The first-order chi connectivity index (χ1) is 13.6. The minimum absolute atomic E-state index is 0.00942. The third-order valence-electron chi connectivity index (χ3n) is 5.04. The summed E-state index contributed by atoms with van der Waals surface area (Å²) in [6.45, 7) is 0.650. The van der Waals surface area contributed by atoms with Crippen molar-refractivity contribution in [2.45, 2.75) is 37.3 Å². The van der Waals surface area contributed by atoms with E-state index in [1.807, 2.05) is 18.2 Å². The van der Waals surface area contributed by atoms with Crippen LogP contribution in [0.15, 0.2) is 40.3 Å². The van der Waals surface area contributed by atoms with Crippen LogP contribution in [0.3, 0.4) is 0 Å². The topological polar surface area (TPSA) is 64.0 Å². The van der Waals surface area contributed by atoms with Crippen LogP contribution in [-0.2, 0) is 31.1 Å². The van der Waals surface area contributed by atoms with E-state index in [-0.39, 0.29) is 17.2 Å². The lowest BCUT2D eigenvalue weighted by Gasteiger charge is -2.08. The van der Waals surface area contributed by atoms with Crippen LogP contribution in [0.1, 0.15) is 28.8 Å². The highest BCUT2D eigenvalue weighted by molar-refractivity contribution is 7.99. The summed E-state index contributed by atoms with van der Waals surface area (Å²) in [6, 6.07) is 10.3. The first-order valence-corrected chi connectivity index (χ1v) is 11.4. The molecule has 0 unspecified atom stereocenters. The van der Waals surface area contributed by atoms with Gasteiger partial charge in [0.15, 0.2) is 5.16 Å². The van der Waals surface area contributed by atoms with Crippen molar-refractivity contribution in [3.8, 4) is 0 Å². The Hall–Kier alpha value is -2.12. The van der Waals surface area contributed by atoms with E-state index >= 15 is 0 Å². The van der Waals surface area contributed by atoms with Crippen LogP contribution in [0.2, 0.25) is 0 Å². The number of hydrogen-bond donors (Lipinski definition) is 1. The second kappa shape index (κ2) is 8.49. The molecule has 5 nitrogen and oxygen atoms in total. The van der Waals surface area contributed by atoms with Gasteiger partial charge in [0, 0.05) is 18.5 Å². The molecule has 0 saturated carbocycles. The smallest absolute Gasteiger partial charge is 0.262 e. The maximum absolute atomic E-state index is 12.8. The molecule has 0 aliphatic heterocycles. The molecule has 1 amide bonds. The van der Waals surface area contributed by atoms with Gasteiger partial charge >= 0.3 is 0 Å². The van der Waals surface area contributed by atoms with E-state index in [1.54, 1.807) is 23.0 Å². The van der Waals surface area contributed by atoms with Crippen LogP contribution in [0.5, 0.6) is 0 Å². The summed E-state index contributed by atoms with van der Waals surface area (Å²) in [6.07, 6.45) is 5.01. The predicted molar refractivity (Wildman–Crippen MR) is 115 cm³/mol. The van der Waals surface area contributed by atoms with Gasteiger partial charge in [-0.1, -0.05) is 42.1 Å². The third kappa shape index (κ3) is 4.00. The van der Waals surface area contributed by atoms with Crippen LogP contribution < -0.4 is 10.9 Å². The van der Waals surface area contributed by atoms with Crippen molar-refractivity contribution in [3.05, 3.63) is 56.7 Å². The lowest BCUT2D eigenvalue weighted by molar-refractivity contribution is -0.118. The lowest BCUT2D eigenvalue weighted by Crippen LogP contribution is -2.27. The highest BCUT2D eigenvalue weighted by Gasteiger charge is 2.22. The Bertz CT molecular complexity index is 1060. The van der Waals surface area contributed by atoms with Crippen molar-refractivity contribution in [1.82, 2.24) is 14.9 Å². The molecule has 4 rings (SSSR count). The zero-order valence-corrected chi connectivity index (χ0v) is 17.5. The summed E-state index contributed by atoms with van der Waals surface area (Å²) in [5.41, 5.74) is 2.48. The monoisotopic (exact) mass is 413 g/mol. The van der Waals surface area contributed by atoms with Crippen molar-refractivity contribution in [2.24, 2.45) is 7.05 Å². The Kier molecular flexibility index (Phi) is 5.82. The van der Waals surface area contributed by atoms with Gasteiger partial charge in [-0.3, -0.25) is 14.2 Å². The largest absolute Gasteiger partial charge is 0.355 e. The molecule has 3 aromatic rings. The first-order valence-electron chi connectivity index (χ1n) is 9.58. The second-order valence-corrected chi connectivity index (χ2v) is 9.05. The van der Waals surface area contributed by atoms with Crippen LogP contribution in [0.4, 0.5) is 0 Å². The quantitative estimate of drug-likeness (QED) is 0.367. The first kappa shape index (κ1) is 19.2. The number of nitrogens with one attached hydrogen (secondary N) is 1. The van der Waals surface area contributed by atoms with Crippen molar-refractivity contribution in [2.75, 3.05) is 12.3 Å². The van der Waals surface area contributed by atoms with E-state index in [2.05, 4.69) is 22.4 Å². The Morgan fingerprint density at radius 1 is 1.29 bits per heavy atom. The van der Waals surface area contributed by atoms with Gasteiger partial charge in [-0.2, -0.15) is 0 Å². The average Bonchev–Trinajstić information content (AvgIpc) is 3.28. The van der Waals surface area contributed by atoms with E-state index in [0.717, 1.165) is 42.3 Å². The third-order valence-corrected chi connectivity index (χ3v) is 7.26. The van der Waals surface area contributed by atoms with Crippen molar-refractivity contribution in [1.29, 1.82) is 0 Å². The summed E-state index contributed by atoms with van der Waals surface area (Å²) in [5, 5.41) is 4.35. The molecule has 0 atom stereocenters. The summed E-state index contributed by atoms with van der Waals surface area (Å²) >= 11 is 2.96. The Labute approximate surface area is 172 Å². The Balaban J connectivity index is 1.33. The summed E-state index contributed by atoms with van der Waals surface area (Å²) in [7, 11) is 1.74. The van der Waals surface area contributed by atoms with E-state index in [1.165, 1.54) is 27.8 Å². The molecule has 0 saturated heterocycles. The predicted octanol–water partition coefficient (Wildman–Crippen LogP) is 3.32. The molecule has 1 aliphatic carbocycles. The molecule has 146 valence electrons. The number of hydrogen-bond acceptors (Lipinski definition) is 5. The van der Waals surface area contributed by atoms with Crippen LogP contribution in [-0.4, -0.2) is 27.8 Å². The number of aromatic nitrogens is 2. The number of carbonyl (C=O) groups excluding carboxylic acids is 1. The van der Waals surface area contributed by atoms with Crippen molar-refractivity contribution < 1.29 is 4.79 Å². The molecule has 0 fully saturated rings. The van der Waals surface area contributed by atoms with Gasteiger partial charge in [-0.15, -0.1) is 11.3 Å². The fraction of sp³-hybridized carbons (Fsp3) is 0.381. The highest BCUT2D eigenvalue weighted by atomic mass is 32.2. The molecule has 0 spiro atoms. The summed E-state index contributed by atoms with van der Waals surface area (Å²) in [5.74, 6) is 0.239. The number of rotatable bonds is 7. The van der Waals surface area contributed by atoms with E-state index in [9.17, 15) is 9.59 Å². The van der Waals surface area contributed by atoms with Crippen molar-refractivity contribution >= 4 is 39.2 Å². The molecule has 0 radical (unpaired) electrons. The zero-order valence-electron chi connectivity index (χ0n) is 15.9. The number of thioether (sulfide) groups is 1. The molecule has 0 bridgehead atoms. The zero-order chi connectivity index (χ0) is 19.5. The Morgan fingerprint density at radius 3 is 2.93 bits per heavy atom. The minimum atomic E-state index is -0.0268. The molecule has 1 aliphatic rings. The van der Waals surface area contributed by atoms with Gasteiger partial charge in [-0.25, -0.2) is 4.98 Å². The fourth-order valence-electron chi connectivity index (χ4n) is 3.58. The second-order valence-electron chi connectivity index (χ2n) is 7.02. The van der Waals surface area contributed by atoms with Gasteiger partial charge < -0.3 is 5.32 Å². The number of nitrogens with zero attached hydrogens (tertiary/aromatic N) is 2. The molecular formula is C21H23N3O2S2. The van der Waals surface area contributed by atoms with Crippen molar-refractivity contribution in [3.63, 3.8) is 0 Å². The molecule has 28 heavy (non-hydrogen) atoms. The SMILES string of the molecule is Cn1c(SCC(=O)NCCCc2ccccc2)nc2sc3c(c2c1=O)CCC3. The number of fused-ring (bicyclic) bond motifs is 3. The van der Waals surface area contributed by atoms with Crippen LogP contribution in [0, 0.1) is 0 Å². The highest BCUT2D eigenvalue weighted by Crippen LogP contribution is 2.35. The lowest BCUT2D eigenvalue weighted by atomic mass is 10.1. The molecule has 1 aromatic carbocycles. The standard InChI is InChI=1S/C21H23N3O2S2/c1-24-20(26)18-15-10-5-11-16(15)28-19(18)23-21(24)27-13-17(25)22-12-6-9-14-7-3-2-4-8-14/h2-4,7-8H,5-6,9-13H2,1H3,(H,22,25). The number of aryl methyl sites for hydroxylation is 3. The van der Waals surface area contributed by atoms with Gasteiger partial charge in [-0.05, 0) is 43.2 Å².